The SMILES string of the molecule is COCCn1cc(NC(C)C(F)F)cn1. The molecule has 1 rings (SSSR count). The molecule has 86 valence electrons. The van der Waals surface area contributed by atoms with E-state index in [-0.39, 0.29) is 0 Å². The molecule has 1 heterocycles. The van der Waals surface area contributed by atoms with E-state index in [1.807, 2.05) is 0 Å². The van der Waals surface area contributed by atoms with Crippen molar-refractivity contribution in [3.8, 4) is 0 Å². The van der Waals surface area contributed by atoms with Crippen LogP contribution in [0.15, 0.2) is 12.4 Å². The third-order valence-corrected chi connectivity index (χ3v) is 1.93. The van der Waals surface area contributed by atoms with E-state index in [1.165, 1.54) is 13.1 Å². The molecule has 1 aromatic heterocycles. The summed E-state index contributed by atoms with van der Waals surface area (Å²) in [5.41, 5.74) is 0.596. The number of nitrogens with one attached hydrogen (secondary N) is 1. The van der Waals surface area contributed by atoms with Gasteiger partial charge in [0, 0.05) is 13.3 Å². The molecule has 0 saturated heterocycles. The lowest BCUT2D eigenvalue weighted by molar-refractivity contribution is 0.130. The number of anilines is 1. The van der Waals surface area contributed by atoms with E-state index < -0.39 is 12.5 Å². The van der Waals surface area contributed by atoms with Gasteiger partial charge in [-0.15, -0.1) is 0 Å². The average molecular weight is 219 g/mol. The summed E-state index contributed by atoms with van der Waals surface area (Å²) >= 11 is 0. The highest BCUT2D eigenvalue weighted by atomic mass is 19.3. The van der Waals surface area contributed by atoms with Gasteiger partial charge in [0.25, 0.3) is 6.43 Å². The highest BCUT2D eigenvalue weighted by Gasteiger charge is 2.14. The maximum atomic E-state index is 12.2. The molecule has 0 aromatic carbocycles. The van der Waals surface area contributed by atoms with Crippen LogP contribution in [-0.4, -0.2) is 36.0 Å². The molecular formula is C9H15F2N3O. The van der Waals surface area contributed by atoms with Crippen LogP contribution in [0.2, 0.25) is 0 Å². The molecule has 0 aliphatic carbocycles. The van der Waals surface area contributed by atoms with Crippen LogP contribution in [0.3, 0.4) is 0 Å². The second-order valence-corrected chi connectivity index (χ2v) is 3.25. The molecule has 1 unspecified atom stereocenters. The van der Waals surface area contributed by atoms with Gasteiger partial charge in [-0.2, -0.15) is 5.10 Å². The maximum absolute atomic E-state index is 12.2. The summed E-state index contributed by atoms with van der Waals surface area (Å²) in [7, 11) is 1.60. The van der Waals surface area contributed by atoms with Crippen LogP contribution in [0.25, 0.3) is 0 Å². The smallest absolute Gasteiger partial charge is 0.258 e. The Morgan fingerprint density at radius 1 is 1.60 bits per heavy atom. The van der Waals surface area contributed by atoms with Crippen LogP contribution in [0.5, 0.6) is 0 Å². The molecule has 0 amide bonds. The average Bonchev–Trinajstić information content (AvgIpc) is 2.62. The van der Waals surface area contributed by atoms with Gasteiger partial charge in [0.15, 0.2) is 0 Å². The number of alkyl halides is 2. The Morgan fingerprint density at radius 3 is 2.93 bits per heavy atom. The number of aromatic nitrogens is 2. The van der Waals surface area contributed by atoms with Gasteiger partial charge in [0.2, 0.25) is 0 Å². The van der Waals surface area contributed by atoms with E-state index >= 15 is 0 Å². The zero-order valence-corrected chi connectivity index (χ0v) is 8.78. The van der Waals surface area contributed by atoms with Gasteiger partial charge in [0.05, 0.1) is 31.1 Å². The summed E-state index contributed by atoms with van der Waals surface area (Å²) in [5.74, 6) is 0. The molecule has 0 spiro atoms. The van der Waals surface area contributed by atoms with E-state index in [1.54, 1.807) is 18.0 Å². The molecule has 0 aliphatic heterocycles. The highest BCUT2D eigenvalue weighted by molar-refractivity contribution is 5.39. The maximum Gasteiger partial charge on any atom is 0.258 e. The van der Waals surface area contributed by atoms with E-state index in [9.17, 15) is 8.78 Å². The Morgan fingerprint density at radius 2 is 2.33 bits per heavy atom. The molecule has 15 heavy (non-hydrogen) atoms. The third kappa shape index (κ3) is 3.83. The fraction of sp³-hybridized carbons (Fsp3) is 0.667. The minimum absolute atomic E-state index is 0.547. The zero-order valence-electron chi connectivity index (χ0n) is 8.78. The van der Waals surface area contributed by atoms with E-state index in [0.717, 1.165) is 0 Å². The molecule has 1 N–H and O–H groups in total. The van der Waals surface area contributed by atoms with Crippen molar-refractivity contribution in [2.45, 2.75) is 25.9 Å². The number of methoxy groups -OCH3 is 1. The number of halogens is 2. The predicted octanol–water partition coefficient (Wildman–Crippen LogP) is 1.59. The normalized spacial score (nSPS) is 13.1. The molecule has 1 atom stereocenters. The van der Waals surface area contributed by atoms with Crippen molar-refractivity contribution in [3.05, 3.63) is 12.4 Å². The fourth-order valence-electron chi connectivity index (χ4n) is 1.07. The van der Waals surface area contributed by atoms with E-state index in [2.05, 4.69) is 10.4 Å². The third-order valence-electron chi connectivity index (χ3n) is 1.93. The first-order valence-electron chi connectivity index (χ1n) is 4.69. The van der Waals surface area contributed by atoms with Crippen molar-refractivity contribution in [3.63, 3.8) is 0 Å². The molecule has 0 radical (unpaired) electrons. The van der Waals surface area contributed by atoms with E-state index in [4.69, 9.17) is 4.74 Å². The van der Waals surface area contributed by atoms with Gasteiger partial charge in [-0.1, -0.05) is 0 Å². The number of ether oxygens (including phenoxy) is 1. The number of nitrogens with zero attached hydrogens (tertiary/aromatic N) is 2. The highest BCUT2D eigenvalue weighted by Crippen LogP contribution is 2.10. The lowest BCUT2D eigenvalue weighted by Crippen LogP contribution is -2.23. The number of hydrogen-bond donors (Lipinski definition) is 1. The summed E-state index contributed by atoms with van der Waals surface area (Å²) in [6.07, 6.45) is 0.819. The molecule has 1 aromatic rings. The summed E-state index contributed by atoms with van der Waals surface area (Å²) in [6, 6.07) is -0.870. The Balaban J connectivity index is 2.45. The van der Waals surface area contributed by atoms with Crippen LogP contribution in [0.4, 0.5) is 14.5 Å². The molecule has 0 aliphatic rings. The summed E-state index contributed by atoms with van der Waals surface area (Å²) < 4.78 is 30.9. The topological polar surface area (TPSA) is 39.1 Å². The van der Waals surface area contributed by atoms with Crippen molar-refractivity contribution in [1.82, 2.24) is 9.78 Å². The summed E-state index contributed by atoms with van der Waals surface area (Å²) in [6.45, 7) is 2.59. The molecule has 4 nitrogen and oxygen atoms in total. The van der Waals surface area contributed by atoms with Gasteiger partial charge in [-0.25, -0.2) is 8.78 Å². The predicted molar refractivity (Wildman–Crippen MR) is 53.2 cm³/mol. The van der Waals surface area contributed by atoms with Gasteiger partial charge >= 0.3 is 0 Å². The number of hydrogen-bond acceptors (Lipinski definition) is 3. The van der Waals surface area contributed by atoms with E-state index in [0.29, 0.717) is 18.8 Å². The van der Waals surface area contributed by atoms with Crippen LogP contribution >= 0.6 is 0 Å². The standard InChI is InChI=1S/C9H15F2N3O/c1-7(9(10)11)13-8-5-12-14(6-8)3-4-15-2/h5-7,9,13H,3-4H2,1-2H3. The van der Waals surface area contributed by atoms with Crippen molar-refractivity contribution >= 4 is 5.69 Å². The van der Waals surface area contributed by atoms with Gasteiger partial charge < -0.3 is 10.1 Å². The Bertz CT molecular complexity index is 291. The Kier molecular flexibility index (Phi) is 4.48. The van der Waals surface area contributed by atoms with Crippen LogP contribution in [-0.2, 0) is 11.3 Å². The van der Waals surface area contributed by atoms with Crippen LogP contribution in [0.1, 0.15) is 6.92 Å². The second kappa shape index (κ2) is 5.65. The second-order valence-electron chi connectivity index (χ2n) is 3.25. The first kappa shape index (κ1) is 11.9. The largest absolute Gasteiger partial charge is 0.383 e. The van der Waals surface area contributed by atoms with Gasteiger partial charge in [-0.05, 0) is 6.92 Å². The van der Waals surface area contributed by atoms with Gasteiger partial charge in [0.1, 0.15) is 0 Å². The summed E-state index contributed by atoms with van der Waals surface area (Å²) in [5, 5.41) is 6.66. The van der Waals surface area contributed by atoms with Crippen molar-refractivity contribution in [2.24, 2.45) is 0 Å². The monoisotopic (exact) mass is 219 g/mol. The minimum atomic E-state index is -2.38. The molecule has 0 fully saturated rings. The first-order valence-corrected chi connectivity index (χ1v) is 4.69. The Hall–Kier alpha value is -1.17. The Labute approximate surface area is 87.2 Å². The van der Waals surface area contributed by atoms with Crippen molar-refractivity contribution < 1.29 is 13.5 Å². The van der Waals surface area contributed by atoms with Crippen LogP contribution in [0, 0.1) is 0 Å². The fourth-order valence-corrected chi connectivity index (χ4v) is 1.07. The van der Waals surface area contributed by atoms with Crippen molar-refractivity contribution in [1.29, 1.82) is 0 Å². The number of rotatable bonds is 6. The van der Waals surface area contributed by atoms with Crippen LogP contribution < -0.4 is 5.32 Å². The lowest BCUT2D eigenvalue weighted by atomic mass is 10.3. The minimum Gasteiger partial charge on any atom is -0.383 e. The zero-order chi connectivity index (χ0) is 11.3. The molecule has 0 saturated carbocycles. The lowest BCUT2D eigenvalue weighted by Gasteiger charge is -2.11. The molecule has 6 heteroatoms. The first-order chi connectivity index (χ1) is 7.13. The molecular weight excluding hydrogens is 204 g/mol. The summed E-state index contributed by atoms with van der Waals surface area (Å²) in [4.78, 5) is 0. The quantitative estimate of drug-likeness (QED) is 0.789. The van der Waals surface area contributed by atoms with Crippen molar-refractivity contribution in [2.75, 3.05) is 19.0 Å². The molecule has 0 bridgehead atoms. The van der Waals surface area contributed by atoms with Gasteiger partial charge in [-0.3, -0.25) is 4.68 Å².